The van der Waals surface area contributed by atoms with Crippen LogP contribution in [0.4, 0.5) is 17.1 Å². The normalized spacial score (nSPS) is 14.9. The highest BCUT2D eigenvalue weighted by atomic mass is 16.6. The molecular formula is C15H23N3O4. The SMILES string of the molecule is O=[N+]([O-])c1cc(N(CCO)CCO)ccc1N1CCCCC1. The Morgan fingerprint density at radius 3 is 2.32 bits per heavy atom. The van der Waals surface area contributed by atoms with Crippen LogP contribution in [-0.2, 0) is 0 Å². The second-order valence-corrected chi connectivity index (χ2v) is 5.41. The van der Waals surface area contributed by atoms with Crippen LogP contribution in [0.15, 0.2) is 18.2 Å². The number of nitrogens with zero attached hydrogens (tertiary/aromatic N) is 3. The number of anilines is 2. The van der Waals surface area contributed by atoms with Gasteiger partial charge in [0.05, 0.1) is 18.1 Å². The molecule has 1 heterocycles. The lowest BCUT2D eigenvalue weighted by molar-refractivity contribution is -0.384. The zero-order valence-electron chi connectivity index (χ0n) is 12.6. The summed E-state index contributed by atoms with van der Waals surface area (Å²) in [7, 11) is 0. The maximum Gasteiger partial charge on any atom is 0.294 e. The van der Waals surface area contributed by atoms with Gasteiger partial charge in [-0.1, -0.05) is 0 Å². The molecule has 1 saturated heterocycles. The third-order valence-corrected chi connectivity index (χ3v) is 3.96. The van der Waals surface area contributed by atoms with Gasteiger partial charge in [0.15, 0.2) is 0 Å². The van der Waals surface area contributed by atoms with Gasteiger partial charge in [-0.25, -0.2) is 0 Å². The van der Waals surface area contributed by atoms with Crippen molar-refractivity contribution in [2.24, 2.45) is 0 Å². The molecule has 1 aromatic carbocycles. The van der Waals surface area contributed by atoms with Crippen LogP contribution < -0.4 is 9.80 Å². The number of aliphatic hydroxyl groups is 2. The zero-order chi connectivity index (χ0) is 15.9. The van der Waals surface area contributed by atoms with Crippen LogP contribution in [0.1, 0.15) is 19.3 Å². The molecule has 0 aromatic heterocycles. The quantitative estimate of drug-likeness (QED) is 0.584. The van der Waals surface area contributed by atoms with Crippen molar-refractivity contribution in [3.63, 3.8) is 0 Å². The van der Waals surface area contributed by atoms with Gasteiger partial charge in [0.25, 0.3) is 5.69 Å². The molecule has 1 aliphatic heterocycles. The first-order valence-electron chi connectivity index (χ1n) is 7.67. The number of rotatable bonds is 7. The van der Waals surface area contributed by atoms with Gasteiger partial charge in [-0.3, -0.25) is 10.1 Å². The van der Waals surface area contributed by atoms with Crippen molar-refractivity contribution in [3.8, 4) is 0 Å². The lowest BCUT2D eigenvalue weighted by atomic mass is 10.1. The van der Waals surface area contributed by atoms with Crippen molar-refractivity contribution in [3.05, 3.63) is 28.3 Å². The predicted octanol–water partition coefficient (Wildman–Crippen LogP) is 1.38. The topological polar surface area (TPSA) is 90.1 Å². The highest BCUT2D eigenvalue weighted by molar-refractivity contribution is 5.69. The standard InChI is InChI=1S/C15H23N3O4/c19-10-8-16(9-11-20)13-4-5-14(15(12-13)18(21)22)17-6-2-1-3-7-17/h4-5,12,19-20H,1-3,6-11H2. The molecule has 2 rings (SSSR count). The fourth-order valence-corrected chi connectivity index (χ4v) is 2.87. The van der Waals surface area contributed by atoms with Crippen LogP contribution in [0, 0.1) is 10.1 Å². The molecule has 7 heteroatoms. The Morgan fingerprint density at radius 2 is 1.77 bits per heavy atom. The van der Waals surface area contributed by atoms with Gasteiger partial charge in [0.1, 0.15) is 5.69 Å². The van der Waals surface area contributed by atoms with E-state index >= 15 is 0 Å². The Morgan fingerprint density at radius 1 is 1.14 bits per heavy atom. The Hall–Kier alpha value is -1.86. The lowest BCUT2D eigenvalue weighted by Gasteiger charge is -2.29. The number of nitro groups is 1. The van der Waals surface area contributed by atoms with Crippen LogP contribution in [0.25, 0.3) is 0 Å². The van der Waals surface area contributed by atoms with Crippen LogP contribution in [0.3, 0.4) is 0 Å². The first kappa shape index (κ1) is 16.5. The molecule has 1 aliphatic rings. The summed E-state index contributed by atoms with van der Waals surface area (Å²) in [6.45, 7) is 2.22. The number of benzene rings is 1. The molecule has 22 heavy (non-hydrogen) atoms. The molecule has 0 saturated carbocycles. The summed E-state index contributed by atoms with van der Waals surface area (Å²) in [5, 5.41) is 29.6. The summed E-state index contributed by atoms with van der Waals surface area (Å²) in [6.07, 6.45) is 3.28. The molecule has 0 unspecified atom stereocenters. The van der Waals surface area contributed by atoms with Gasteiger partial charge in [0, 0.05) is 37.9 Å². The number of aliphatic hydroxyl groups excluding tert-OH is 2. The molecule has 122 valence electrons. The molecule has 2 N–H and O–H groups in total. The highest BCUT2D eigenvalue weighted by Gasteiger charge is 2.22. The summed E-state index contributed by atoms with van der Waals surface area (Å²) < 4.78 is 0. The Labute approximate surface area is 129 Å². The lowest BCUT2D eigenvalue weighted by Crippen LogP contribution is -2.31. The van der Waals surface area contributed by atoms with Crippen molar-refractivity contribution < 1.29 is 15.1 Å². The number of hydrogen-bond acceptors (Lipinski definition) is 6. The molecule has 0 amide bonds. The summed E-state index contributed by atoms with van der Waals surface area (Å²) in [5.74, 6) is 0. The molecular weight excluding hydrogens is 286 g/mol. The minimum Gasteiger partial charge on any atom is -0.395 e. The second-order valence-electron chi connectivity index (χ2n) is 5.41. The minimum atomic E-state index is -0.358. The minimum absolute atomic E-state index is 0.0678. The van der Waals surface area contributed by atoms with Crippen LogP contribution in [0.2, 0.25) is 0 Å². The molecule has 0 radical (unpaired) electrons. The fraction of sp³-hybridized carbons (Fsp3) is 0.600. The Bertz CT molecular complexity index is 498. The van der Waals surface area contributed by atoms with E-state index in [1.54, 1.807) is 11.0 Å². The van der Waals surface area contributed by atoms with Crippen molar-refractivity contribution in [2.75, 3.05) is 49.2 Å². The monoisotopic (exact) mass is 309 g/mol. The maximum atomic E-state index is 11.4. The van der Waals surface area contributed by atoms with E-state index in [0.29, 0.717) is 24.5 Å². The first-order chi connectivity index (χ1) is 10.7. The van der Waals surface area contributed by atoms with E-state index < -0.39 is 0 Å². The van der Waals surface area contributed by atoms with Crippen molar-refractivity contribution in [2.45, 2.75) is 19.3 Å². The second kappa shape index (κ2) is 7.95. The van der Waals surface area contributed by atoms with E-state index in [0.717, 1.165) is 25.9 Å². The summed E-state index contributed by atoms with van der Waals surface area (Å²) in [4.78, 5) is 14.9. The van der Waals surface area contributed by atoms with Crippen molar-refractivity contribution in [1.82, 2.24) is 0 Å². The molecule has 1 fully saturated rings. The van der Waals surface area contributed by atoms with Gasteiger partial charge in [0.2, 0.25) is 0 Å². The molecule has 0 bridgehead atoms. The highest BCUT2D eigenvalue weighted by Crippen LogP contribution is 2.34. The van der Waals surface area contributed by atoms with Crippen molar-refractivity contribution in [1.29, 1.82) is 0 Å². The van der Waals surface area contributed by atoms with Gasteiger partial charge in [-0.2, -0.15) is 0 Å². The van der Waals surface area contributed by atoms with E-state index in [4.69, 9.17) is 10.2 Å². The van der Waals surface area contributed by atoms with E-state index in [1.807, 2.05) is 6.07 Å². The number of hydrogen-bond donors (Lipinski definition) is 2. The van der Waals surface area contributed by atoms with Crippen molar-refractivity contribution >= 4 is 17.1 Å². The average Bonchev–Trinajstić information content (AvgIpc) is 2.55. The molecule has 0 aliphatic carbocycles. The summed E-state index contributed by atoms with van der Waals surface area (Å²) in [6, 6.07) is 5.14. The molecule has 7 nitrogen and oxygen atoms in total. The number of nitro benzene ring substituents is 1. The van der Waals surface area contributed by atoms with Crippen LogP contribution in [0.5, 0.6) is 0 Å². The zero-order valence-corrected chi connectivity index (χ0v) is 12.6. The summed E-state index contributed by atoms with van der Waals surface area (Å²) in [5.41, 5.74) is 1.39. The Balaban J connectivity index is 2.31. The van der Waals surface area contributed by atoms with Gasteiger partial charge < -0.3 is 20.0 Å². The molecule has 0 spiro atoms. The smallest absolute Gasteiger partial charge is 0.294 e. The van der Waals surface area contributed by atoms with Crippen LogP contribution >= 0.6 is 0 Å². The summed E-state index contributed by atoms with van der Waals surface area (Å²) >= 11 is 0. The molecule has 0 atom stereocenters. The van der Waals surface area contributed by atoms with Gasteiger partial charge in [-0.05, 0) is 31.4 Å². The third kappa shape index (κ3) is 3.86. The van der Waals surface area contributed by atoms with Gasteiger partial charge in [-0.15, -0.1) is 0 Å². The molecule has 1 aromatic rings. The predicted molar refractivity (Wildman–Crippen MR) is 85.5 cm³/mol. The van der Waals surface area contributed by atoms with Crippen LogP contribution in [-0.4, -0.2) is 54.5 Å². The first-order valence-corrected chi connectivity index (χ1v) is 7.67. The van der Waals surface area contributed by atoms with Gasteiger partial charge >= 0.3 is 0 Å². The maximum absolute atomic E-state index is 11.4. The van der Waals surface area contributed by atoms with E-state index in [9.17, 15) is 10.1 Å². The third-order valence-electron chi connectivity index (χ3n) is 3.96. The average molecular weight is 309 g/mol. The Kier molecular flexibility index (Phi) is 5.97. The fourth-order valence-electron chi connectivity index (χ4n) is 2.87. The largest absolute Gasteiger partial charge is 0.395 e. The number of piperidine rings is 1. The van der Waals surface area contributed by atoms with E-state index in [-0.39, 0.29) is 23.8 Å². The van der Waals surface area contributed by atoms with E-state index in [2.05, 4.69) is 4.90 Å². The van der Waals surface area contributed by atoms with E-state index in [1.165, 1.54) is 12.5 Å².